The van der Waals surface area contributed by atoms with Crippen molar-refractivity contribution in [3.63, 3.8) is 0 Å². The zero-order chi connectivity index (χ0) is 18.8. The number of hydrogen-bond donors (Lipinski definition) is 1. The van der Waals surface area contributed by atoms with Crippen LogP contribution in [0.5, 0.6) is 0 Å². The average Bonchev–Trinajstić information content (AvgIpc) is 3.25. The molecule has 142 valence electrons. The fraction of sp³-hybridized carbons (Fsp3) is 0.421. The Morgan fingerprint density at radius 2 is 2.11 bits per heavy atom. The highest BCUT2D eigenvalue weighted by molar-refractivity contribution is 5.94. The molecule has 0 saturated carbocycles. The van der Waals surface area contributed by atoms with Gasteiger partial charge in [-0.1, -0.05) is 0 Å². The van der Waals surface area contributed by atoms with E-state index in [1.807, 2.05) is 26.0 Å². The number of furan rings is 1. The van der Waals surface area contributed by atoms with E-state index >= 15 is 0 Å². The number of amides is 1. The van der Waals surface area contributed by atoms with E-state index in [9.17, 15) is 4.79 Å². The van der Waals surface area contributed by atoms with Gasteiger partial charge in [0, 0.05) is 32.0 Å². The highest BCUT2D eigenvalue weighted by atomic mass is 16.5. The summed E-state index contributed by atoms with van der Waals surface area (Å²) in [5.74, 6) is 2.06. The van der Waals surface area contributed by atoms with Crippen LogP contribution in [0.4, 0.5) is 0 Å². The Kier molecular flexibility index (Phi) is 4.91. The van der Waals surface area contributed by atoms with E-state index in [-0.39, 0.29) is 11.9 Å². The van der Waals surface area contributed by atoms with Crippen LogP contribution >= 0.6 is 0 Å². The Balaban J connectivity index is 1.54. The van der Waals surface area contributed by atoms with Crippen LogP contribution < -0.4 is 5.32 Å². The molecule has 4 heterocycles. The Morgan fingerprint density at radius 1 is 1.30 bits per heavy atom. The second kappa shape index (κ2) is 7.50. The number of nitrogens with one attached hydrogen (secondary N) is 1. The number of rotatable bonds is 5. The predicted octanol–water partition coefficient (Wildman–Crippen LogP) is 1.74. The van der Waals surface area contributed by atoms with Crippen LogP contribution in [-0.4, -0.2) is 58.0 Å². The molecular weight excluding hydrogens is 346 g/mol. The van der Waals surface area contributed by atoms with Crippen molar-refractivity contribution >= 4 is 11.7 Å². The Bertz CT molecular complexity index is 942. The third-order valence-electron chi connectivity index (χ3n) is 4.83. The topological polar surface area (TPSA) is 84.9 Å². The van der Waals surface area contributed by atoms with E-state index in [4.69, 9.17) is 9.15 Å². The van der Waals surface area contributed by atoms with Crippen molar-refractivity contribution in [3.05, 3.63) is 53.5 Å². The molecule has 27 heavy (non-hydrogen) atoms. The van der Waals surface area contributed by atoms with E-state index in [2.05, 4.69) is 20.2 Å². The molecule has 1 N–H and O–H groups in total. The number of carbonyl (C=O) groups is 1. The molecule has 1 aliphatic rings. The van der Waals surface area contributed by atoms with Crippen LogP contribution in [-0.2, 0) is 4.74 Å². The number of fused-ring (bicyclic) bond motifs is 1. The van der Waals surface area contributed by atoms with E-state index in [1.165, 1.54) is 0 Å². The summed E-state index contributed by atoms with van der Waals surface area (Å²) in [6, 6.07) is 5.67. The third-order valence-corrected chi connectivity index (χ3v) is 4.83. The predicted molar refractivity (Wildman–Crippen MR) is 98.6 cm³/mol. The summed E-state index contributed by atoms with van der Waals surface area (Å²) >= 11 is 0. The number of nitrogens with zero attached hydrogens (tertiary/aromatic N) is 4. The zero-order valence-electron chi connectivity index (χ0n) is 15.5. The summed E-state index contributed by atoms with van der Waals surface area (Å²) in [7, 11) is 0. The van der Waals surface area contributed by atoms with E-state index in [0.29, 0.717) is 36.9 Å². The monoisotopic (exact) mass is 369 g/mol. The fourth-order valence-corrected chi connectivity index (χ4v) is 3.48. The summed E-state index contributed by atoms with van der Waals surface area (Å²) in [6.07, 6.45) is 3.46. The minimum atomic E-state index is -0.172. The van der Waals surface area contributed by atoms with Gasteiger partial charge in [-0.2, -0.15) is 0 Å². The maximum absolute atomic E-state index is 12.9. The summed E-state index contributed by atoms with van der Waals surface area (Å²) in [5, 5.41) is 3.05. The van der Waals surface area contributed by atoms with Crippen molar-refractivity contribution in [1.29, 1.82) is 0 Å². The van der Waals surface area contributed by atoms with Gasteiger partial charge in [0.2, 0.25) is 5.78 Å². The SMILES string of the molecule is Cc1ccc(C(CNC(=O)c2c(C)nc3ncccn23)N2CCOCC2)o1. The Hall–Kier alpha value is -2.71. The lowest BCUT2D eigenvalue weighted by molar-refractivity contribution is 0.0116. The average molecular weight is 369 g/mol. The molecule has 0 radical (unpaired) electrons. The lowest BCUT2D eigenvalue weighted by atomic mass is 10.1. The third kappa shape index (κ3) is 3.58. The molecule has 0 bridgehead atoms. The van der Waals surface area contributed by atoms with Gasteiger partial charge in [-0.3, -0.25) is 14.1 Å². The maximum Gasteiger partial charge on any atom is 0.270 e. The summed E-state index contributed by atoms with van der Waals surface area (Å²) in [5.41, 5.74) is 1.16. The molecule has 1 unspecified atom stereocenters. The van der Waals surface area contributed by atoms with Crippen LogP contribution in [0.2, 0.25) is 0 Å². The molecule has 1 atom stereocenters. The molecule has 4 rings (SSSR count). The summed E-state index contributed by atoms with van der Waals surface area (Å²) in [6.45, 7) is 7.16. The molecule has 3 aromatic rings. The first-order chi connectivity index (χ1) is 13.1. The summed E-state index contributed by atoms with van der Waals surface area (Å²) < 4.78 is 13.0. The summed E-state index contributed by atoms with van der Waals surface area (Å²) in [4.78, 5) is 23.7. The Labute approximate surface area is 157 Å². The molecule has 1 saturated heterocycles. The van der Waals surface area contributed by atoms with Crippen LogP contribution in [0.3, 0.4) is 0 Å². The highest BCUT2D eigenvalue weighted by Gasteiger charge is 2.26. The number of aromatic nitrogens is 3. The number of imidazole rings is 1. The van der Waals surface area contributed by atoms with E-state index in [1.54, 1.807) is 22.9 Å². The molecule has 8 heteroatoms. The molecule has 1 amide bonds. The lowest BCUT2D eigenvalue weighted by Crippen LogP contribution is -2.43. The number of hydrogen-bond acceptors (Lipinski definition) is 6. The van der Waals surface area contributed by atoms with Gasteiger partial charge in [0.05, 0.1) is 24.9 Å². The molecule has 0 spiro atoms. The van der Waals surface area contributed by atoms with Gasteiger partial charge in [-0.05, 0) is 32.0 Å². The lowest BCUT2D eigenvalue weighted by Gasteiger charge is -2.33. The van der Waals surface area contributed by atoms with Gasteiger partial charge in [0.25, 0.3) is 5.91 Å². The second-order valence-corrected chi connectivity index (χ2v) is 6.66. The molecule has 0 aromatic carbocycles. The van der Waals surface area contributed by atoms with Crippen LogP contribution in [0.25, 0.3) is 5.78 Å². The quantitative estimate of drug-likeness (QED) is 0.737. The number of carbonyl (C=O) groups excluding carboxylic acids is 1. The van der Waals surface area contributed by atoms with Crippen molar-refractivity contribution in [2.45, 2.75) is 19.9 Å². The van der Waals surface area contributed by atoms with Gasteiger partial charge in [-0.15, -0.1) is 0 Å². The standard InChI is InChI=1S/C19H23N5O3/c1-13-4-5-16(27-13)15(23-8-10-26-11-9-23)12-21-18(25)17-14(2)22-19-20-6-3-7-24(17)19/h3-7,15H,8-12H2,1-2H3,(H,21,25). The van der Waals surface area contributed by atoms with E-state index in [0.717, 1.165) is 24.6 Å². The molecule has 3 aromatic heterocycles. The second-order valence-electron chi connectivity index (χ2n) is 6.66. The molecule has 0 aliphatic carbocycles. The Morgan fingerprint density at radius 3 is 2.85 bits per heavy atom. The molecule has 1 aliphatic heterocycles. The highest BCUT2D eigenvalue weighted by Crippen LogP contribution is 2.23. The van der Waals surface area contributed by atoms with Crippen LogP contribution in [0.15, 0.2) is 35.0 Å². The first-order valence-electron chi connectivity index (χ1n) is 9.09. The normalized spacial score (nSPS) is 16.5. The number of aryl methyl sites for hydroxylation is 2. The minimum Gasteiger partial charge on any atom is -0.465 e. The van der Waals surface area contributed by atoms with Crippen molar-refractivity contribution in [3.8, 4) is 0 Å². The van der Waals surface area contributed by atoms with Crippen LogP contribution in [0, 0.1) is 13.8 Å². The van der Waals surface area contributed by atoms with E-state index < -0.39 is 0 Å². The van der Waals surface area contributed by atoms with Gasteiger partial charge in [0.1, 0.15) is 17.2 Å². The fourth-order valence-electron chi connectivity index (χ4n) is 3.48. The van der Waals surface area contributed by atoms with Crippen molar-refractivity contribution < 1.29 is 13.9 Å². The van der Waals surface area contributed by atoms with Crippen molar-refractivity contribution in [1.82, 2.24) is 24.6 Å². The molecule has 8 nitrogen and oxygen atoms in total. The van der Waals surface area contributed by atoms with Gasteiger partial charge in [0.15, 0.2) is 0 Å². The number of ether oxygens (including phenoxy) is 1. The van der Waals surface area contributed by atoms with Gasteiger partial charge >= 0.3 is 0 Å². The smallest absolute Gasteiger partial charge is 0.270 e. The molecular formula is C19H23N5O3. The first kappa shape index (κ1) is 17.7. The first-order valence-corrected chi connectivity index (χ1v) is 9.09. The van der Waals surface area contributed by atoms with Crippen molar-refractivity contribution in [2.75, 3.05) is 32.8 Å². The molecule has 1 fully saturated rings. The van der Waals surface area contributed by atoms with Crippen LogP contribution in [0.1, 0.15) is 33.7 Å². The zero-order valence-corrected chi connectivity index (χ0v) is 15.5. The van der Waals surface area contributed by atoms with Crippen molar-refractivity contribution in [2.24, 2.45) is 0 Å². The largest absolute Gasteiger partial charge is 0.465 e. The van der Waals surface area contributed by atoms with Gasteiger partial charge < -0.3 is 14.5 Å². The minimum absolute atomic E-state index is 0.0378. The maximum atomic E-state index is 12.9. The van der Waals surface area contributed by atoms with Gasteiger partial charge in [-0.25, -0.2) is 9.97 Å². The number of morpholine rings is 1.